The topological polar surface area (TPSA) is 190 Å². The van der Waals surface area contributed by atoms with Gasteiger partial charge >= 0.3 is 23.9 Å². The largest absolute Gasteiger partial charge is 0.481 e. The first kappa shape index (κ1) is 69.8. The van der Waals surface area contributed by atoms with Gasteiger partial charge in [0.25, 0.3) is 0 Å². The molecule has 0 heterocycles. The van der Waals surface area contributed by atoms with E-state index in [1.54, 1.807) is 9.80 Å². The highest BCUT2D eigenvalue weighted by atomic mass is 35.5. The van der Waals surface area contributed by atoms with Crippen molar-refractivity contribution < 1.29 is 49.2 Å². The minimum atomic E-state index is -1.35. The minimum Gasteiger partial charge on any atom is -0.481 e. The fourth-order valence-electron chi connectivity index (χ4n) is 12.0. The maximum atomic E-state index is 14.1. The maximum Gasteiger partial charge on any atom is 0.307 e. The Morgan fingerprint density at radius 2 is 0.771 bits per heavy atom. The Balaban J connectivity index is 0.000000225. The van der Waals surface area contributed by atoms with E-state index >= 15 is 0 Å². The van der Waals surface area contributed by atoms with Crippen LogP contribution in [0.1, 0.15) is 107 Å². The number of carboxylic acid groups (broad SMARTS) is 4. The lowest BCUT2D eigenvalue weighted by Crippen LogP contribution is -2.43. The number of nitrogens with zero attached hydrogens (tertiary/aromatic N) is 2. The molecule has 10 aromatic rings. The molecule has 10 aromatic carbocycles. The molecule has 6 unspecified atom stereocenters. The number of hydrogen-bond donors (Lipinski definition) is 4. The summed E-state index contributed by atoms with van der Waals surface area (Å²) < 4.78 is 0. The number of rotatable bonds is 26. The molecule has 0 spiro atoms. The van der Waals surface area contributed by atoms with E-state index in [9.17, 15) is 49.2 Å². The molecule has 0 aromatic heterocycles. The first-order chi connectivity index (χ1) is 46.3. The van der Waals surface area contributed by atoms with Crippen LogP contribution in [-0.4, -0.2) is 78.0 Å². The van der Waals surface area contributed by atoms with Gasteiger partial charge in [0, 0.05) is 71.0 Å². The van der Waals surface area contributed by atoms with Crippen molar-refractivity contribution in [2.24, 2.45) is 11.8 Å². The Morgan fingerprint density at radius 3 is 1.22 bits per heavy atom. The second-order valence-corrected chi connectivity index (χ2v) is 25.0. The summed E-state index contributed by atoms with van der Waals surface area (Å²) in [4.78, 5) is 78.5. The standard InChI is InChI=1S/C41H38ClNO5.C41H36ClNO5/c1-28(43(39(44)25-36(41(47)48)26-40(45)46)27-32-16-17-33-12-5-6-13-35(33)23-32)38(34-18-20-37(42)21-19-34)24-31-11-7-10-30(22-31)15-14-29-8-3-2-4-9-29;1-28(43(39(44)25-36(41(47)48)26-40(45)46)27-32-17-18-33-9-5-6-10-35(33)23-32)38(34-19-21-37(42)22-20-34)24-31-15-13-30(14-16-31)12-11-29-7-3-2-4-8-29/h2-23,28,36,38H,24-27H2,1H3,(H,45,46)(H,47,48);2-10,13-23,28,36,38H,24-27H2,1H3,(H,45,46)(H,47,48)/b15-14+;. The van der Waals surface area contributed by atoms with Crippen molar-refractivity contribution in [3.8, 4) is 11.8 Å². The maximum absolute atomic E-state index is 14.1. The van der Waals surface area contributed by atoms with Gasteiger partial charge in [-0.3, -0.25) is 28.8 Å². The number of carboxylic acids is 4. The van der Waals surface area contributed by atoms with Gasteiger partial charge in [-0.05, 0) is 153 Å². The van der Waals surface area contributed by atoms with Crippen molar-refractivity contribution in [1.82, 2.24) is 9.80 Å². The fraction of sp³-hybridized carbons (Fsp3) is 0.195. The lowest BCUT2D eigenvalue weighted by molar-refractivity contribution is -0.151. The molecule has 96 heavy (non-hydrogen) atoms. The Kier molecular flexibility index (Phi) is 24.7. The minimum absolute atomic E-state index is 0.192. The second kappa shape index (κ2) is 34.0. The van der Waals surface area contributed by atoms with Crippen LogP contribution in [0.25, 0.3) is 33.7 Å². The molecule has 14 heteroatoms. The lowest BCUT2D eigenvalue weighted by Gasteiger charge is -2.36. The van der Waals surface area contributed by atoms with Gasteiger partial charge < -0.3 is 30.2 Å². The number of fused-ring (bicyclic) bond motifs is 2. The summed E-state index contributed by atoms with van der Waals surface area (Å²) in [6, 6.07) is 78.4. The van der Waals surface area contributed by atoms with Crippen LogP contribution >= 0.6 is 23.2 Å². The lowest BCUT2D eigenvalue weighted by atomic mass is 9.84. The SMILES string of the molecule is CC(C(Cc1ccc(C#Cc2ccccc2)cc1)c1ccc(Cl)cc1)N(Cc1ccc2ccccc2c1)C(=O)CC(CC(=O)O)C(=O)O.CC(C(Cc1cccc(/C=C/c2ccccc2)c1)c1ccc(Cl)cc1)N(Cc1ccc2ccccc2c1)C(=O)CC(CC(=O)O)C(=O)O. The van der Waals surface area contributed by atoms with Gasteiger partial charge in [-0.25, -0.2) is 0 Å². The molecule has 0 aliphatic carbocycles. The van der Waals surface area contributed by atoms with E-state index in [0.717, 1.165) is 77.2 Å². The van der Waals surface area contributed by atoms with Crippen LogP contribution in [0.15, 0.2) is 243 Å². The van der Waals surface area contributed by atoms with E-state index in [-0.39, 0.29) is 24.9 Å². The zero-order valence-corrected chi connectivity index (χ0v) is 54.8. The van der Waals surface area contributed by atoms with Crippen LogP contribution in [0, 0.1) is 23.7 Å². The molecule has 0 saturated carbocycles. The molecule has 6 atom stereocenters. The summed E-state index contributed by atoms with van der Waals surface area (Å²) in [6.45, 7) is 4.39. The van der Waals surface area contributed by atoms with E-state index < -0.39 is 85.3 Å². The average Bonchev–Trinajstić information content (AvgIpc) is 0.851. The summed E-state index contributed by atoms with van der Waals surface area (Å²) in [5.41, 5.74) is 9.79. The van der Waals surface area contributed by atoms with E-state index in [4.69, 9.17) is 23.2 Å². The van der Waals surface area contributed by atoms with Crippen molar-refractivity contribution in [3.63, 3.8) is 0 Å². The Labute approximate surface area is 569 Å². The van der Waals surface area contributed by atoms with E-state index in [1.807, 2.05) is 244 Å². The smallest absolute Gasteiger partial charge is 0.307 e. The van der Waals surface area contributed by atoms with E-state index in [2.05, 4.69) is 36.1 Å². The Bertz CT molecular complexity index is 4420. The van der Waals surface area contributed by atoms with Gasteiger partial charge in [-0.2, -0.15) is 0 Å². The monoisotopic (exact) mass is 1320 g/mol. The van der Waals surface area contributed by atoms with Gasteiger partial charge in [0.2, 0.25) is 11.8 Å². The van der Waals surface area contributed by atoms with Gasteiger partial charge in [0.1, 0.15) is 0 Å². The van der Waals surface area contributed by atoms with Crippen LogP contribution in [-0.2, 0) is 54.7 Å². The molecule has 0 radical (unpaired) electrons. The summed E-state index contributed by atoms with van der Waals surface area (Å²) in [7, 11) is 0. The molecule has 486 valence electrons. The first-order valence-electron chi connectivity index (χ1n) is 31.7. The molecule has 12 nitrogen and oxygen atoms in total. The van der Waals surface area contributed by atoms with Crippen molar-refractivity contribution >= 4 is 92.6 Å². The van der Waals surface area contributed by atoms with Crippen LogP contribution < -0.4 is 0 Å². The summed E-state index contributed by atoms with van der Waals surface area (Å²) in [5, 5.41) is 43.7. The third-order valence-electron chi connectivity index (χ3n) is 17.3. The van der Waals surface area contributed by atoms with Gasteiger partial charge in [0.15, 0.2) is 0 Å². The predicted molar refractivity (Wildman–Crippen MR) is 380 cm³/mol. The van der Waals surface area contributed by atoms with Crippen LogP contribution in [0.3, 0.4) is 0 Å². The Hall–Kier alpha value is -10.6. The normalized spacial score (nSPS) is 13.0. The highest BCUT2D eigenvalue weighted by Gasteiger charge is 2.35. The van der Waals surface area contributed by atoms with Crippen molar-refractivity contribution in [2.45, 2.75) is 89.4 Å². The number of halogens is 2. The van der Waals surface area contributed by atoms with Crippen LogP contribution in [0.2, 0.25) is 10.0 Å². The molecule has 0 aliphatic rings. The molecule has 0 fully saturated rings. The molecular weight excluding hydrogens is 1240 g/mol. The highest BCUT2D eigenvalue weighted by molar-refractivity contribution is 6.30. The third-order valence-corrected chi connectivity index (χ3v) is 17.8. The van der Waals surface area contributed by atoms with Gasteiger partial charge in [-0.1, -0.05) is 229 Å². The number of carbonyl (C=O) groups is 6. The Morgan fingerprint density at radius 1 is 0.385 bits per heavy atom. The second-order valence-electron chi connectivity index (χ2n) is 24.1. The summed E-state index contributed by atoms with van der Waals surface area (Å²) in [5.74, 6) is -2.67. The molecular formula is C82H74Cl2N2O10. The van der Waals surface area contributed by atoms with Crippen molar-refractivity contribution in [1.29, 1.82) is 0 Å². The molecule has 0 aliphatic heterocycles. The first-order valence-corrected chi connectivity index (χ1v) is 32.5. The number of carbonyl (C=O) groups excluding carboxylic acids is 2. The molecule has 10 rings (SSSR count). The number of aliphatic carboxylic acids is 4. The molecule has 0 bridgehead atoms. The van der Waals surface area contributed by atoms with Crippen LogP contribution in [0.4, 0.5) is 0 Å². The molecule has 0 saturated heterocycles. The van der Waals surface area contributed by atoms with Gasteiger partial charge in [-0.15, -0.1) is 0 Å². The zero-order chi connectivity index (χ0) is 68.1. The van der Waals surface area contributed by atoms with Crippen LogP contribution in [0.5, 0.6) is 0 Å². The van der Waals surface area contributed by atoms with Gasteiger partial charge in [0.05, 0.1) is 24.7 Å². The average molecular weight is 1320 g/mol. The predicted octanol–water partition coefficient (Wildman–Crippen LogP) is 17.2. The number of benzene rings is 10. The summed E-state index contributed by atoms with van der Waals surface area (Å²) >= 11 is 12.5. The fourth-order valence-corrected chi connectivity index (χ4v) is 12.3. The molecule has 4 N–H and O–H groups in total. The number of amides is 2. The zero-order valence-electron chi connectivity index (χ0n) is 53.3. The quantitative estimate of drug-likeness (QED) is 0.0300. The van der Waals surface area contributed by atoms with E-state index in [1.165, 1.54) is 0 Å². The highest BCUT2D eigenvalue weighted by Crippen LogP contribution is 2.34. The number of hydrogen-bond acceptors (Lipinski definition) is 6. The van der Waals surface area contributed by atoms with Crippen molar-refractivity contribution in [3.05, 3.63) is 308 Å². The summed E-state index contributed by atoms with van der Waals surface area (Å²) in [6.07, 6.45) is 3.18. The van der Waals surface area contributed by atoms with E-state index in [0.29, 0.717) is 22.9 Å². The molecule has 2 amide bonds. The van der Waals surface area contributed by atoms with Crippen molar-refractivity contribution in [2.75, 3.05) is 0 Å². The third kappa shape index (κ3) is 20.2.